The van der Waals surface area contributed by atoms with Crippen LogP contribution >= 0.6 is 11.8 Å². The molecule has 0 amide bonds. The van der Waals surface area contributed by atoms with Crippen LogP contribution in [0.25, 0.3) is 0 Å². The van der Waals surface area contributed by atoms with Crippen LogP contribution in [0.4, 0.5) is 0 Å². The monoisotopic (exact) mass is 210 g/mol. The quantitative estimate of drug-likeness (QED) is 0.525. The van der Waals surface area contributed by atoms with Gasteiger partial charge in [-0.25, -0.2) is 0 Å². The zero-order valence-corrected chi connectivity index (χ0v) is 9.77. The van der Waals surface area contributed by atoms with Crippen molar-refractivity contribution in [3.05, 3.63) is 29.8 Å². The summed E-state index contributed by atoms with van der Waals surface area (Å²) in [5.41, 5.74) is 1.32. The van der Waals surface area contributed by atoms with Gasteiger partial charge in [-0.2, -0.15) is 0 Å². The van der Waals surface area contributed by atoms with Crippen molar-refractivity contribution < 1.29 is 4.74 Å². The highest BCUT2D eigenvalue weighted by atomic mass is 32.2. The van der Waals surface area contributed by atoms with Crippen LogP contribution in [0.15, 0.2) is 29.2 Å². The molecular formula is C12H18OS. The summed E-state index contributed by atoms with van der Waals surface area (Å²) in [7, 11) is 0. The van der Waals surface area contributed by atoms with Gasteiger partial charge in [-0.05, 0) is 25.5 Å². The molecule has 1 nitrogen and oxygen atoms in total. The zero-order valence-electron chi connectivity index (χ0n) is 8.95. The first-order valence-corrected chi connectivity index (χ1v) is 6.08. The molecular weight excluding hydrogens is 192 g/mol. The fourth-order valence-corrected chi connectivity index (χ4v) is 1.86. The van der Waals surface area contributed by atoms with E-state index in [-0.39, 0.29) is 0 Å². The zero-order chi connectivity index (χ0) is 10.2. The Balaban J connectivity index is 2.15. The SMILES string of the molecule is CCCOCCSc1ccc(C)cc1. The summed E-state index contributed by atoms with van der Waals surface area (Å²) in [6, 6.07) is 8.63. The lowest BCUT2D eigenvalue weighted by atomic mass is 10.2. The minimum absolute atomic E-state index is 0.854. The lowest BCUT2D eigenvalue weighted by Crippen LogP contribution is -1.97. The average Bonchev–Trinajstić information content (AvgIpc) is 2.21. The van der Waals surface area contributed by atoms with Gasteiger partial charge in [0.15, 0.2) is 0 Å². The first-order chi connectivity index (χ1) is 6.83. The van der Waals surface area contributed by atoms with Crippen LogP contribution in [-0.4, -0.2) is 19.0 Å². The molecule has 0 spiro atoms. The largest absolute Gasteiger partial charge is 0.381 e. The molecule has 0 radical (unpaired) electrons. The van der Waals surface area contributed by atoms with Crippen molar-refractivity contribution in [2.24, 2.45) is 0 Å². The molecule has 0 aliphatic rings. The van der Waals surface area contributed by atoms with Crippen molar-refractivity contribution in [3.8, 4) is 0 Å². The van der Waals surface area contributed by atoms with E-state index in [4.69, 9.17) is 4.74 Å². The Morgan fingerprint density at radius 3 is 2.50 bits per heavy atom. The van der Waals surface area contributed by atoms with Crippen LogP contribution in [0.2, 0.25) is 0 Å². The minimum atomic E-state index is 0.854. The molecule has 1 aromatic rings. The molecule has 0 saturated heterocycles. The first-order valence-electron chi connectivity index (χ1n) is 5.10. The Hall–Kier alpha value is -0.470. The highest BCUT2D eigenvalue weighted by Crippen LogP contribution is 2.17. The molecule has 0 unspecified atom stereocenters. The number of rotatable bonds is 6. The molecule has 0 saturated carbocycles. The topological polar surface area (TPSA) is 9.23 Å². The van der Waals surface area contributed by atoms with Crippen LogP contribution in [0.5, 0.6) is 0 Å². The third-order valence-electron chi connectivity index (χ3n) is 1.87. The van der Waals surface area contributed by atoms with Gasteiger partial charge in [-0.15, -0.1) is 11.8 Å². The van der Waals surface area contributed by atoms with Gasteiger partial charge in [-0.3, -0.25) is 0 Å². The summed E-state index contributed by atoms with van der Waals surface area (Å²) < 4.78 is 5.41. The van der Waals surface area contributed by atoms with E-state index in [1.165, 1.54) is 10.5 Å². The van der Waals surface area contributed by atoms with Gasteiger partial charge in [-0.1, -0.05) is 24.6 Å². The fourth-order valence-electron chi connectivity index (χ4n) is 1.10. The number of aryl methyl sites for hydroxylation is 1. The number of hydrogen-bond acceptors (Lipinski definition) is 2. The second-order valence-electron chi connectivity index (χ2n) is 3.27. The van der Waals surface area contributed by atoms with Gasteiger partial charge in [0.1, 0.15) is 0 Å². The molecule has 0 aromatic heterocycles. The Morgan fingerprint density at radius 1 is 1.14 bits per heavy atom. The summed E-state index contributed by atoms with van der Waals surface area (Å²) in [5.74, 6) is 1.04. The minimum Gasteiger partial charge on any atom is -0.381 e. The molecule has 0 fully saturated rings. The van der Waals surface area contributed by atoms with E-state index in [1.807, 2.05) is 11.8 Å². The highest BCUT2D eigenvalue weighted by Gasteiger charge is 1.93. The lowest BCUT2D eigenvalue weighted by Gasteiger charge is -2.03. The van der Waals surface area contributed by atoms with Gasteiger partial charge in [0.25, 0.3) is 0 Å². The Kier molecular flexibility index (Phi) is 5.72. The van der Waals surface area contributed by atoms with Crippen LogP contribution in [-0.2, 0) is 4.74 Å². The van der Waals surface area contributed by atoms with Crippen LogP contribution in [0, 0.1) is 6.92 Å². The third-order valence-corrected chi connectivity index (χ3v) is 2.84. The third kappa shape index (κ3) is 4.68. The molecule has 0 atom stereocenters. The Labute approximate surface area is 90.9 Å². The lowest BCUT2D eigenvalue weighted by molar-refractivity contribution is 0.151. The summed E-state index contributed by atoms with van der Waals surface area (Å²) in [6.45, 7) is 5.98. The van der Waals surface area contributed by atoms with Crippen LogP contribution in [0.3, 0.4) is 0 Å². The molecule has 1 aromatic carbocycles. The smallest absolute Gasteiger partial charge is 0.0560 e. The van der Waals surface area contributed by atoms with Gasteiger partial charge in [0, 0.05) is 17.3 Å². The van der Waals surface area contributed by atoms with Crippen molar-refractivity contribution in [1.29, 1.82) is 0 Å². The van der Waals surface area contributed by atoms with Crippen molar-refractivity contribution >= 4 is 11.8 Å². The average molecular weight is 210 g/mol. The van der Waals surface area contributed by atoms with E-state index >= 15 is 0 Å². The molecule has 0 aliphatic heterocycles. The standard InChI is InChI=1S/C12H18OS/c1-3-8-13-9-10-14-12-6-4-11(2)5-7-12/h4-7H,3,8-10H2,1-2H3. The predicted molar refractivity (Wildman–Crippen MR) is 63.0 cm³/mol. The van der Waals surface area contributed by atoms with E-state index in [1.54, 1.807) is 0 Å². The van der Waals surface area contributed by atoms with E-state index in [2.05, 4.69) is 38.1 Å². The van der Waals surface area contributed by atoms with E-state index in [0.29, 0.717) is 0 Å². The molecule has 0 aliphatic carbocycles. The predicted octanol–water partition coefficient (Wildman–Crippen LogP) is 3.51. The maximum absolute atomic E-state index is 5.41. The summed E-state index contributed by atoms with van der Waals surface area (Å²) >= 11 is 1.85. The molecule has 0 N–H and O–H groups in total. The van der Waals surface area contributed by atoms with Crippen LogP contribution < -0.4 is 0 Å². The number of thioether (sulfide) groups is 1. The number of hydrogen-bond donors (Lipinski definition) is 0. The molecule has 0 bridgehead atoms. The number of benzene rings is 1. The normalized spacial score (nSPS) is 10.4. The maximum Gasteiger partial charge on any atom is 0.0560 e. The van der Waals surface area contributed by atoms with Crippen molar-refractivity contribution in [1.82, 2.24) is 0 Å². The summed E-state index contributed by atoms with van der Waals surface area (Å²) in [5, 5.41) is 0. The van der Waals surface area contributed by atoms with Gasteiger partial charge in [0.2, 0.25) is 0 Å². The molecule has 14 heavy (non-hydrogen) atoms. The van der Waals surface area contributed by atoms with Gasteiger partial charge in [0.05, 0.1) is 6.61 Å². The summed E-state index contributed by atoms with van der Waals surface area (Å²) in [6.07, 6.45) is 1.11. The maximum atomic E-state index is 5.41. The van der Waals surface area contributed by atoms with Crippen LogP contribution in [0.1, 0.15) is 18.9 Å². The summed E-state index contributed by atoms with van der Waals surface area (Å²) in [4.78, 5) is 1.33. The highest BCUT2D eigenvalue weighted by molar-refractivity contribution is 7.99. The van der Waals surface area contributed by atoms with Crippen molar-refractivity contribution in [2.75, 3.05) is 19.0 Å². The fraction of sp³-hybridized carbons (Fsp3) is 0.500. The van der Waals surface area contributed by atoms with Gasteiger partial charge >= 0.3 is 0 Å². The Bertz CT molecular complexity index is 243. The molecule has 78 valence electrons. The molecule has 2 heteroatoms. The van der Waals surface area contributed by atoms with Crippen molar-refractivity contribution in [3.63, 3.8) is 0 Å². The van der Waals surface area contributed by atoms with E-state index in [9.17, 15) is 0 Å². The molecule has 0 heterocycles. The molecule has 1 rings (SSSR count). The Morgan fingerprint density at radius 2 is 1.86 bits per heavy atom. The van der Waals surface area contributed by atoms with E-state index in [0.717, 1.165) is 25.4 Å². The number of ether oxygens (including phenoxy) is 1. The van der Waals surface area contributed by atoms with Gasteiger partial charge < -0.3 is 4.74 Å². The van der Waals surface area contributed by atoms with Crippen molar-refractivity contribution in [2.45, 2.75) is 25.2 Å². The van der Waals surface area contributed by atoms with E-state index < -0.39 is 0 Å². The second kappa shape index (κ2) is 6.91. The second-order valence-corrected chi connectivity index (χ2v) is 4.44. The first kappa shape index (κ1) is 11.6.